The number of benzene rings is 2. The normalized spacial score (nSPS) is 10.7. The topological polar surface area (TPSA) is 87.0 Å². The van der Waals surface area contributed by atoms with Crippen LogP contribution in [0.3, 0.4) is 0 Å². The highest BCUT2D eigenvalue weighted by molar-refractivity contribution is 7.91. The molecule has 1 N–H and O–H groups in total. The average molecular weight is 314 g/mol. The van der Waals surface area contributed by atoms with Crippen molar-refractivity contribution >= 4 is 21.4 Å². The van der Waals surface area contributed by atoms with E-state index in [4.69, 9.17) is 5.26 Å². The van der Waals surface area contributed by atoms with Gasteiger partial charge >= 0.3 is 0 Å². The fourth-order valence-electron chi connectivity index (χ4n) is 1.90. The number of nitrogens with zero attached hydrogens (tertiary/aromatic N) is 1. The minimum atomic E-state index is -3.53. The van der Waals surface area contributed by atoms with Crippen LogP contribution >= 0.6 is 0 Å². The van der Waals surface area contributed by atoms with Crippen LogP contribution < -0.4 is 5.32 Å². The van der Waals surface area contributed by atoms with E-state index in [1.807, 2.05) is 6.07 Å². The highest BCUT2D eigenvalue weighted by Crippen LogP contribution is 2.10. The molecular formula is C16H14N2O3S. The zero-order chi connectivity index (χ0) is 16.0. The molecule has 0 bridgehead atoms. The van der Waals surface area contributed by atoms with Crippen LogP contribution in [0.5, 0.6) is 0 Å². The van der Waals surface area contributed by atoms with Crippen molar-refractivity contribution in [3.05, 3.63) is 65.7 Å². The van der Waals surface area contributed by atoms with E-state index in [1.165, 1.54) is 0 Å². The molecule has 0 aliphatic rings. The Labute approximate surface area is 129 Å². The van der Waals surface area contributed by atoms with Gasteiger partial charge in [0.05, 0.1) is 17.4 Å². The lowest BCUT2D eigenvalue weighted by Crippen LogP contribution is -2.23. The molecular weight excluding hydrogens is 300 g/mol. The Morgan fingerprint density at radius 1 is 1.05 bits per heavy atom. The zero-order valence-electron chi connectivity index (χ0n) is 11.7. The molecule has 6 heteroatoms. The first-order valence-corrected chi connectivity index (χ1v) is 8.35. The molecule has 2 aromatic rings. The molecule has 0 fully saturated rings. The van der Waals surface area contributed by atoms with Gasteiger partial charge in [-0.05, 0) is 29.8 Å². The maximum Gasteiger partial charge on any atom is 0.239 e. The molecule has 0 saturated heterocycles. The molecule has 112 valence electrons. The molecule has 1 amide bonds. The van der Waals surface area contributed by atoms with Gasteiger partial charge in [-0.1, -0.05) is 30.3 Å². The number of carbonyl (C=O) groups excluding carboxylic acids is 1. The molecule has 22 heavy (non-hydrogen) atoms. The Kier molecular flexibility index (Phi) is 4.92. The number of anilines is 1. The minimum absolute atomic E-state index is 0.172. The number of carbonyl (C=O) groups is 1. The van der Waals surface area contributed by atoms with Gasteiger partial charge in [0, 0.05) is 5.69 Å². The number of amides is 1. The summed E-state index contributed by atoms with van der Waals surface area (Å²) >= 11 is 0. The van der Waals surface area contributed by atoms with Crippen LogP contribution in [0.15, 0.2) is 54.6 Å². The minimum Gasteiger partial charge on any atom is -0.325 e. The third kappa shape index (κ3) is 4.72. The summed E-state index contributed by atoms with van der Waals surface area (Å²) in [6, 6.07) is 16.9. The van der Waals surface area contributed by atoms with Crippen LogP contribution in [0.4, 0.5) is 5.69 Å². The summed E-state index contributed by atoms with van der Waals surface area (Å²) in [6.45, 7) is 0. The Balaban J connectivity index is 1.97. The Hall–Kier alpha value is -2.65. The third-order valence-electron chi connectivity index (χ3n) is 2.88. The van der Waals surface area contributed by atoms with Gasteiger partial charge in [-0.2, -0.15) is 5.26 Å². The van der Waals surface area contributed by atoms with Crippen LogP contribution in [0.2, 0.25) is 0 Å². The van der Waals surface area contributed by atoms with Crippen molar-refractivity contribution < 1.29 is 13.2 Å². The van der Waals surface area contributed by atoms with Crippen molar-refractivity contribution in [1.29, 1.82) is 5.26 Å². The van der Waals surface area contributed by atoms with Gasteiger partial charge in [-0.3, -0.25) is 4.79 Å². The number of rotatable bonds is 5. The van der Waals surface area contributed by atoms with Crippen molar-refractivity contribution in [2.75, 3.05) is 11.1 Å². The summed E-state index contributed by atoms with van der Waals surface area (Å²) < 4.78 is 24.0. The fourth-order valence-corrected chi connectivity index (χ4v) is 3.18. The van der Waals surface area contributed by atoms with Crippen molar-refractivity contribution in [3.8, 4) is 6.07 Å². The summed E-state index contributed by atoms with van der Waals surface area (Å²) in [7, 11) is -3.53. The lowest BCUT2D eigenvalue weighted by Gasteiger charge is -2.06. The van der Waals surface area contributed by atoms with E-state index < -0.39 is 21.5 Å². The number of nitrogens with one attached hydrogen (secondary N) is 1. The molecule has 0 radical (unpaired) electrons. The predicted molar refractivity (Wildman–Crippen MR) is 83.7 cm³/mol. The highest BCUT2D eigenvalue weighted by Gasteiger charge is 2.17. The van der Waals surface area contributed by atoms with Gasteiger partial charge < -0.3 is 5.32 Å². The predicted octanol–water partition coefficient (Wildman–Crippen LogP) is 2.11. The second-order valence-corrected chi connectivity index (χ2v) is 6.82. The van der Waals surface area contributed by atoms with Crippen molar-refractivity contribution in [1.82, 2.24) is 0 Å². The van der Waals surface area contributed by atoms with Gasteiger partial charge in [0.1, 0.15) is 5.75 Å². The zero-order valence-corrected chi connectivity index (χ0v) is 12.5. The van der Waals surface area contributed by atoms with Crippen LogP contribution in [0, 0.1) is 11.3 Å². The molecule has 0 heterocycles. The molecule has 0 aromatic heterocycles. The SMILES string of the molecule is N#Cc1ccc(NC(=O)CS(=O)(=O)Cc2ccccc2)cc1. The third-order valence-corrected chi connectivity index (χ3v) is 4.35. The molecule has 0 saturated carbocycles. The van der Waals surface area contributed by atoms with Crippen molar-refractivity contribution in [3.63, 3.8) is 0 Å². The fraction of sp³-hybridized carbons (Fsp3) is 0.125. The highest BCUT2D eigenvalue weighted by atomic mass is 32.2. The summed E-state index contributed by atoms with van der Waals surface area (Å²) in [6.07, 6.45) is 0. The maximum atomic E-state index is 12.0. The first kappa shape index (κ1) is 15.7. The van der Waals surface area contributed by atoms with Gasteiger partial charge in [-0.15, -0.1) is 0 Å². The van der Waals surface area contributed by atoms with E-state index in [0.717, 1.165) is 0 Å². The largest absolute Gasteiger partial charge is 0.325 e. The number of hydrogen-bond acceptors (Lipinski definition) is 4. The molecule has 2 aromatic carbocycles. The van der Waals surface area contributed by atoms with Crippen molar-refractivity contribution in [2.45, 2.75) is 5.75 Å². The molecule has 0 aliphatic heterocycles. The van der Waals surface area contributed by atoms with Gasteiger partial charge in [0.15, 0.2) is 9.84 Å². The summed E-state index contributed by atoms with van der Waals surface area (Å²) in [5, 5.41) is 11.2. The van der Waals surface area contributed by atoms with E-state index in [1.54, 1.807) is 54.6 Å². The Morgan fingerprint density at radius 2 is 1.68 bits per heavy atom. The summed E-state index contributed by atoms with van der Waals surface area (Å²) in [5.41, 5.74) is 1.57. The molecule has 0 spiro atoms. The first-order chi connectivity index (χ1) is 10.5. The van der Waals surface area contributed by atoms with E-state index in [-0.39, 0.29) is 5.75 Å². The molecule has 0 aliphatic carbocycles. The monoisotopic (exact) mass is 314 g/mol. The lowest BCUT2D eigenvalue weighted by molar-refractivity contribution is -0.113. The van der Waals surface area contributed by atoms with Gasteiger partial charge in [-0.25, -0.2) is 8.42 Å². The molecule has 5 nitrogen and oxygen atoms in total. The van der Waals surface area contributed by atoms with E-state index >= 15 is 0 Å². The number of nitriles is 1. The second-order valence-electron chi connectivity index (χ2n) is 4.76. The Morgan fingerprint density at radius 3 is 2.27 bits per heavy atom. The average Bonchev–Trinajstić information content (AvgIpc) is 2.47. The van der Waals surface area contributed by atoms with E-state index in [0.29, 0.717) is 16.8 Å². The summed E-state index contributed by atoms with van der Waals surface area (Å²) in [5.74, 6) is -1.35. The maximum absolute atomic E-state index is 12.0. The number of sulfone groups is 1. The quantitative estimate of drug-likeness (QED) is 0.915. The van der Waals surface area contributed by atoms with Crippen LogP contribution in [-0.4, -0.2) is 20.1 Å². The Bertz CT molecular complexity index is 792. The van der Waals surface area contributed by atoms with E-state index in [9.17, 15) is 13.2 Å². The smallest absolute Gasteiger partial charge is 0.239 e. The standard InChI is InChI=1S/C16H14N2O3S/c17-10-13-6-8-15(9-7-13)18-16(19)12-22(20,21)11-14-4-2-1-3-5-14/h1-9H,11-12H2,(H,18,19). The van der Waals surface area contributed by atoms with Gasteiger partial charge in [0.2, 0.25) is 5.91 Å². The van der Waals surface area contributed by atoms with E-state index in [2.05, 4.69) is 5.32 Å². The number of hydrogen-bond donors (Lipinski definition) is 1. The van der Waals surface area contributed by atoms with Gasteiger partial charge in [0.25, 0.3) is 0 Å². The molecule has 0 unspecified atom stereocenters. The molecule has 0 atom stereocenters. The second kappa shape index (κ2) is 6.87. The molecule has 2 rings (SSSR count). The first-order valence-electron chi connectivity index (χ1n) is 6.53. The summed E-state index contributed by atoms with van der Waals surface area (Å²) in [4.78, 5) is 11.8. The van der Waals surface area contributed by atoms with Crippen molar-refractivity contribution in [2.24, 2.45) is 0 Å². The van der Waals surface area contributed by atoms with Crippen LogP contribution in [0.25, 0.3) is 0 Å². The van der Waals surface area contributed by atoms with Crippen LogP contribution in [0.1, 0.15) is 11.1 Å². The van der Waals surface area contributed by atoms with Crippen LogP contribution in [-0.2, 0) is 20.4 Å². The lowest BCUT2D eigenvalue weighted by atomic mass is 10.2.